The summed E-state index contributed by atoms with van der Waals surface area (Å²) in [4.78, 5) is 16.0. The smallest absolute Gasteiger partial charge is 0.410 e. The molecule has 4 aliphatic carbocycles. The minimum Gasteiger partial charge on any atom is -0.446 e. The number of rotatable bonds is 19. The minimum atomic E-state index is -0.0734. The van der Waals surface area contributed by atoms with E-state index < -0.39 is 0 Å². The molecule has 12 atom stereocenters. The third kappa shape index (κ3) is 10.3. The molecule has 0 aromatic carbocycles. The van der Waals surface area contributed by atoms with Gasteiger partial charge in [-0.3, -0.25) is 0 Å². The summed E-state index contributed by atoms with van der Waals surface area (Å²) in [5.41, 5.74) is 8.42. The van der Waals surface area contributed by atoms with Crippen LogP contribution in [-0.4, -0.2) is 48.3 Å². The van der Waals surface area contributed by atoms with Crippen molar-refractivity contribution in [2.24, 2.45) is 58.0 Å². The van der Waals surface area contributed by atoms with Gasteiger partial charge in [-0.2, -0.15) is 0 Å². The van der Waals surface area contributed by atoms with Gasteiger partial charge in [-0.25, -0.2) is 4.79 Å². The quantitative estimate of drug-likeness (QED) is 0.104. The summed E-state index contributed by atoms with van der Waals surface area (Å²) in [6, 6.07) is 0.844. The van der Waals surface area contributed by atoms with E-state index >= 15 is 0 Å². The molecule has 0 aromatic heterocycles. The van der Waals surface area contributed by atoms with Crippen LogP contribution in [0.25, 0.3) is 0 Å². The van der Waals surface area contributed by atoms with Gasteiger partial charge >= 0.3 is 6.09 Å². The zero-order chi connectivity index (χ0) is 36.6. The van der Waals surface area contributed by atoms with Crippen molar-refractivity contribution in [2.45, 2.75) is 203 Å². The van der Waals surface area contributed by atoms with Gasteiger partial charge in [0.1, 0.15) is 6.10 Å². The average molecular weight is 698 g/mol. The lowest BCUT2D eigenvalue weighted by molar-refractivity contribution is -0.0597. The Hall–Kier alpha value is -1.07. The van der Waals surface area contributed by atoms with Gasteiger partial charge < -0.3 is 20.7 Å². The zero-order valence-electron chi connectivity index (χ0n) is 34.7. The maximum absolute atomic E-state index is 13.9. The lowest BCUT2D eigenvalue weighted by atomic mass is 9.47. The van der Waals surface area contributed by atoms with E-state index in [9.17, 15) is 4.79 Å². The van der Waals surface area contributed by atoms with E-state index in [0.717, 1.165) is 93.5 Å². The summed E-state index contributed by atoms with van der Waals surface area (Å²) in [5, 5.41) is 3.62. The number of amides is 1. The molecule has 0 saturated heterocycles. The van der Waals surface area contributed by atoms with E-state index in [1.54, 1.807) is 5.57 Å². The standard InChI is InChI=1S/C45H83N3O2/c1-11-32(4)17-18-36(8)48(28-13-12-27-47-35(7)29-34(6)46)43(49)50-38-23-25-44(9)37(30-38)19-20-39-41-22-21-40(33(5)16-14-15-31(2)3)45(41,10)26-24-42(39)44/h19,31-36,38-42,47H,11-18,20-30,46H2,1-10H3/t32?,33-,34?,35?,36?,38+,39+,40-,41+,42+,44+,45-/m1/s1. The average Bonchev–Trinajstić information content (AvgIpc) is 3.42. The summed E-state index contributed by atoms with van der Waals surface area (Å²) in [7, 11) is 0. The molecule has 4 unspecified atom stereocenters. The van der Waals surface area contributed by atoms with E-state index in [0.29, 0.717) is 17.4 Å². The number of hydrogen-bond acceptors (Lipinski definition) is 4. The number of unbranched alkanes of at least 4 members (excludes halogenated alkanes) is 1. The Morgan fingerprint density at radius 1 is 0.940 bits per heavy atom. The number of carbonyl (C=O) groups excluding carboxylic acids is 1. The molecule has 0 aliphatic heterocycles. The van der Waals surface area contributed by atoms with Crippen LogP contribution in [0, 0.1) is 52.3 Å². The summed E-state index contributed by atoms with van der Waals surface area (Å²) in [6.45, 7) is 25.5. The van der Waals surface area contributed by atoms with E-state index in [1.807, 2.05) is 0 Å². The molecule has 0 bridgehead atoms. The molecule has 3 saturated carbocycles. The van der Waals surface area contributed by atoms with E-state index in [-0.39, 0.29) is 29.7 Å². The van der Waals surface area contributed by atoms with Crippen molar-refractivity contribution in [3.05, 3.63) is 11.6 Å². The third-order valence-corrected chi connectivity index (χ3v) is 15.1. The Morgan fingerprint density at radius 2 is 1.70 bits per heavy atom. The second kappa shape index (κ2) is 18.8. The Morgan fingerprint density at radius 3 is 2.40 bits per heavy atom. The van der Waals surface area contributed by atoms with Crippen molar-refractivity contribution in [2.75, 3.05) is 13.1 Å². The Bertz CT molecular complexity index is 1070. The largest absolute Gasteiger partial charge is 0.446 e. The highest BCUT2D eigenvalue weighted by atomic mass is 16.6. The highest BCUT2D eigenvalue weighted by Crippen LogP contribution is 2.67. The molecule has 4 aliphatic rings. The molecular formula is C45H83N3O2. The molecule has 50 heavy (non-hydrogen) atoms. The first-order valence-electron chi connectivity index (χ1n) is 21.8. The number of nitrogens with zero attached hydrogens (tertiary/aromatic N) is 1. The van der Waals surface area contributed by atoms with Gasteiger partial charge in [0.05, 0.1) is 0 Å². The maximum Gasteiger partial charge on any atom is 0.410 e. The van der Waals surface area contributed by atoms with Crippen LogP contribution in [-0.2, 0) is 4.74 Å². The Kier molecular flexibility index (Phi) is 15.7. The van der Waals surface area contributed by atoms with Crippen molar-refractivity contribution in [1.29, 1.82) is 0 Å². The lowest BCUT2D eigenvalue weighted by Gasteiger charge is -2.58. The van der Waals surface area contributed by atoms with Gasteiger partial charge in [0.2, 0.25) is 0 Å². The van der Waals surface area contributed by atoms with Crippen LogP contribution in [0.1, 0.15) is 178 Å². The van der Waals surface area contributed by atoms with Gasteiger partial charge in [0, 0.05) is 31.1 Å². The minimum absolute atomic E-state index is 0.0137. The summed E-state index contributed by atoms with van der Waals surface area (Å²) in [5.74, 6) is 5.81. The number of nitrogens with one attached hydrogen (secondary N) is 1. The first kappa shape index (κ1) is 41.7. The monoisotopic (exact) mass is 698 g/mol. The third-order valence-electron chi connectivity index (χ3n) is 15.1. The predicted octanol–water partition coefficient (Wildman–Crippen LogP) is 11.5. The maximum atomic E-state index is 13.9. The molecule has 4 rings (SSSR count). The van der Waals surface area contributed by atoms with Crippen LogP contribution in [0.4, 0.5) is 4.79 Å². The van der Waals surface area contributed by atoms with Crippen LogP contribution in [0.5, 0.6) is 0 Å². The van der Waals surface area contributed by atoms with Crippen molar-refractivity contribution in [3.63, 3.8) is 0 Å². The predicted molar refractivity (Wildman–Crippen MR) is 213 cm³/mol. The molecular weight excluding hydrogens is 615 g/mol. The fourth-order valence-electron chi connectivity index (χ4n) is 11.7. The molecule has 1 amide bonds. The summed E-state index contributed by atoms with van der Waals surface area (Å²) < 4.78 is 6.47. The number of nitrogens with two attached hydrogens (primary N) is 1. The first-order chi connectivity index (χ1) is 23.7. The highest BCUT2D eigenvalue weighted by Gasteiger charge is 2.59. The summed E-state index contributed by atoms with van der Waals surface area (Å²) >= 11 is 0. The fourth-order valence-corrected chi connectivity index (χ4v) is 11.7. The highest BCUT2D eigenvalue weighted by molar-refractivity contribution is 5.68. The normalized spacial score (nSPS) is 33.8. The molecule has 5 nitrogen and oxygen atoms in total. The fraction of sp³-hybridized carbons (Fsp3) is 0.933. The molecule has 0 heterocycles. The van der Waals surface area contributed by atoms with E-state index in [1.165, 1.54) is 64.2 Å². The van der Waals surface area contributed by atoms with Gasteiger partial charge in [-0.1, -0.05) is 85.8 Å². The second-order valence-corrected chi connectivity index (χ2v) is 19.4. The van der Waals surface area contributed by atoms with E-state index in [4.69, 9.17) is 10.5 Å². The molecule has 290 valence electrons. The molecule has 3 fully saturated rings. The van der Waals surface area contributed by atoms with Gasteiger partial charge in [0.15, 0.2) is 0 Å². The topological polar surface area (TPSA) is 67.6 Å². The van der Waals surface area contributed by atoms with Crippen LogP contribution >= 0.6 is 0 Å². The van der Waals surface area contributed by atoms with Gasteiger partial charge in [-0.05, 0) is 157 Å². The van der Waals surface area contributed by atoms with Crippen molar-refractivity contribution in [3.8, 4) is 0 Å². The number of fused-ring (bicyclic) bond motifs is 5. The van der Waals surface area contributed by atoms with Crippen LogP contribution in [0.15, 0.2) is 11.6 Å². The molecule has 3 N–H and O–H groups in total. The zero-order valence-corrected chi connectivity index (χ0v) is 34.7. The molecule has 0 radical (unpaired) electrons. The lowest BCUT2D eigenvalue weighted by Crippen LogP contribution is -2.51. The molecule has 0 spiro atoms. The van der Waals surface area contributed by atoms with Crippen LogP contribution in [0.3, 0.4) is 0 Å². The molecule has 0 aromatic rings. The van der Waals surface area contributed by atoms with Crippen LogP contribution in [0.2, 0.25) is 0 Å². The van der Waals surface area contributed by atoms with Gasteiger partial charge in [0.25, 0.3) is 0 Å². The second-order valence-electron chi connectivity index (χ2n) is 19.4. The van der Waals surface area contributed by atoms with Crippen molar-refractivity contribution >= 4 is 6.09 Å². The van der Waals surface area contributed by atoms with Crippen LogP contribution < -0.4 is 11.1 Å². The van der Waals surface area contributed by atoms with Gasteiger partial charge in [-0.15, -0.1) is 0 Å². The number of hydrogen-bond donors (Lipinski definition) is 2. The van der Waals surface area contributed by atoms with Crippen molar-refractivity contribution < 1.29 is 9.53 Å². The number of carbonyl (C=O) groups is 1. The number of allylic oxidation sites excluding steroid dienone is 1. The Balaban J connectivity index is 1.35. The Labute approximate surface area is 310 Å². The summed E-state index contributed by atoms with van der Waals surface area (Å²) in [6.07, 6.45) is 23.3. The SMILES string of the molecule is CCC(C)CCC(C)N(CCCCNC(C)CC(C)N)C(=O)O[C@H]1CC[C@@]2(C)C(=CC[C@H]3[C@@H]4CC[C@H]([C@H](C)CCCC(C)C)[C@@]4(C)CC[C@@H]32)C1. The first-order valence-corrected chi connectivity index (χ1v) is 21.8. The number of ether oxygens (including phenoxy) is 1. The van der Waals surface area contributed by atoms with Crippen molar-refractivity contribution in [1.82, 2.24) is 10.2 Å². The van der Waals surface area contributed by atoms with E-state index in [2.05, 4.69) is 85.5 Å². The molecule has 5 heteroatoms.